The third kappa shape index (κ3) is 5.42. The Kier molecular flexibility index (Phi) is 5.54. The fourth-order valence-corrected chi connectivity index (χ4v) is 2.12. The van der Waals surface area contributed by atoms with Gasteiger partial charge in [0.05, 0.1) is 5.57 Å². The Morgan fingerprint density at radius 3 is 2.37 bits per heavy atom. The highest BCUT2D eigenvalue weighted by atomic mass is 28.3. The second kappa shape index (κ2) is 6.70. The quantitative estimate of drug-likeness (QED) is 0.447. The molecule has 0 atom stereocenters. The standard InChI is InChI=1S/C18H24Si/c1-18(2,3)19(4,5)16-15-17-13-11-9-7-6-8-10-12-14-17/h14H,6-9H2,1-5H3/b17-14+. The van der Waals surface area contributed by atoms with Crippen molar-refractivity contribution >= 4 is 8.07 Å². The first-order chi connectivity index (χ1) is 8.83. The Labute approximate surface area is 120 Å². The van der Waals surface area contributed by atoms with E-state index in [2.05, 4.69) is 69.0 Å². The summed E-state index contributed by atoms with van der Waals surface area (Å²) in [5, 5.41) is 0.287. The summed E-state index contributed by atoms with van der Waals surface area (Å²) in [6.07, 6.45) is 6.12. The lowest BCUT2D eigenvalue weighted by molar-refractivity contribution is 0.731. The molecule has 0 bridgehead atoms. The number of hydrogen-bond acceptors (Lipinski definition) is 0. The normalized spacial score (nSPS) is 18.5. The molecule has 100 valence electrons. The van der Waals surface area contributed by atoms with Crippen LogP contribution in [0, 0.1) is 35.1 Å². The zero-order chi connectivity index (χ0) is 14.4. The van der Waals surface area contributed by atoms with E-state index in [9.17, 15) is 0 Å². The molecule has 0 aromatic heterocycles. The SMILES string of the molecule is CC(C)(C)[Si](C)(C)C#C/C1=C/C#CCCCCC#C1. The minimum absolute atomic E-state index is 0.287. The molecule has 0 fully saturated rings. The van der Waals surface area contributed by atoms with Crippen LogP contribution in [0.5, 0.6) is 0 Å². The van der Waals surface area contributed by atoms with E-state index in [0.717, 1.165) is 31.3 Å². The zero-order valence-electron chi connectivity index (χ0n) is 12.9. The van der Waals surface area contributed by atoms with Gasteiger partial charge in [0.1, 0.15) is 8.07 Å². The van der Waals surface area contributed by atoms with Crippen LogP contribution in [-0.2, 0) is 0 Å². The summed E-state index contributed by atoms with van der Waals surface area (Å²) >= 11 is 0. The van der Waals surface area contributed by atoms with E-state index in [-0.39, 0.29) is 5.04 Å². The Morgan fingerprint density at radius 2 is 1.74 bits per heavy atom. The van der Waals surface area contributed by atoms with Crippen molar-refractivity contribution < 1.29 is 0 Å². The highest BCUT2D eigenvalue weighted by Crippen LogP contribution is 2.35. The predicted molar refractivity (Wildman–Crippen MR) is 87.1 cm³/mol. The summed E-state index contributed by atoms with van der Waals surface area (Å²) in [6.45, 7) is 11.5. The maximum absolute atomic E-state index is 3.50. The average molecular weight is 268 g/mol. The van der Waals surface area contributed by atoms with Gasteiger partial charge in [-0.3, -0.25) is 0 Å². The summed E-state index contributed by atoms with van der Waals surface area (Å²) in [5.74, 6) is 15.9. The Morgan fingerprint density at radius 1 is 1.11 bits per heavy atom. The molecule has 0 N–H and O–H groups in total. The average Bonchev–Trinajstić information content (AvgIpc) is 2.32. The minimum Gasteiger partial charge on any atom is -0.125 e. The van der Waals surface area contributed by atoms with E-state index in [1.807, 2.05) is 6.08 Å². The first-order valence-electron chi connectivity index (χ1n) is 7.03. The van der Waals surface area contributed by atoms with Gasteiger partial charge in [0.15, 0.2) is 0 Å². The number of rotatable bonds is 0. The molecule has 0 aromatic rings. The molecule has 0 aliphatic heterocycles. The van der Waals surface area contributed by atoms with Crippen LogP contribution in [0.2, 0.25) is 18.1 Å². The molecule has 1 aliphatic rings. The molecule has 0 saturated carbocycles. The summed E-state index contributed by atoms with van der Waals surface area (Å²) in [7, 11) is -1.56. The van der Waals surface area contributed by atoms with Crippen molar-refractivity contribution in [2.45, 2.75) is 64.6 Å². The van der Waals surface area contributed by atoms with Crippen molar-refractivity contribution in [1.29, 1.82) is 0 Å². The van der Waals surface area contributed by atoms with Gasteiger partial charge in [0.2, 0.25) is 0 Å². The molecular weight excluding hydrogens is 244 g/mol. The van der Waals surface area contributed by atoms with Crippen molar-refractivity contribution in [3.63, 3.8) is 0 Å². The van der Waals surface area contributed by atoms with Gasteiger partial charge < -0.3 is 0 Å². The van der Waals surface area contributed by atoms with Gasteiger partial charge in [-0.1, -0.05) is 63.5 Å². The van der Waals surface area contributed by atoms with Crippen molar-refractivity contribution in [3.8, 4) is 35.1 Å². The molecule has 1 heteroatoms. The molecule has 0 saturated heterocycles. The molecule has 0 aromatic carbocycles. The first kappa shape index (κ1) is 15.7. The third-order valence-electron chi connectivity index (χ3n) is 3.78. The van der Waals surface area contributed by atoms with E-state index in [1.54, 1.807) is 0 Å². The van der Waals surface area contributed by atoms with Gasteiger partial charge in [0, 0.05) is 18.9 Å². The molecule has 0 radical (unpaired) electrons. The van der Waals surface area contributed by atoms with Crippen LogP contribution in [0.1, 0.15) is 46.5 Å². The van der Waals surface area contributed by atoms with Gasteiger partial charge in [-0.25, -0.2) is 0 Å². The zero-order valence-corrected chi connectivity index (χ0v) is 13.9. The van der Waals surface area contributed by atoms with Gasteiger partial charge in [0.25, 0.3) is 0 Å². The molecule has 0 nitrogen and oxygen atoms in total. The summed E-state index contributed by atoms with van der Waals surface area (Å²) < 4.78 is 0. The van der Waals surface area contributed by atoms with Crippen molar-refractivity contribution in [3.05, 3.63) is 11.6 Å². The molecular formula is C18H24Si. The first-order valence-corrected chi connectivity index (χ1v) is 10.0. The van der Waals surface area contributed by atoms with E-state index in [0.29, 0.717) is 0 Å². The Balaban J connectivity index is 2.98. The second-order valence-corrected chi connectivity index (χ2v) is 11.5. The molecule has 1 aliphatic carbocycles. The molecule has 1 rings (SSSR count). The highest BCUT2D eigenvalue weighted by Gasteiger charge is 2.33. The fraction of sp³-hybridized carbons (Fsp3) is 0.556. The molecule has 0 amide bonds. The van der Waals surface area contributed by atoms with Crippen LogP contribution in [0.15, 0.2) is 11.6 Å². The van der Waals surface area contributed by atoms with Gasteiger partial charge in [-0.2, -0.15) is 0 Å². The van der Waals surface area contributed by atoms with E-state index in [1.165, 1.54) is 0 Å². The minimum atomic E-state index is -1.56. The second-order valence-electron chi connectivity index (χ2n) is 6.51. The van der Waals surface area contributed by atoms with Gasteiger partial charge in [-0.05, 0) is 17.9 Å². The third-order valence-corrected chi connectivity index (χ3v) is 8.28. The summed E-state index contributed by atoms with van der Waals surface area (Å²) in [6, 6.07) is 0. The van der Waals surface area contributed by atoms with Gasteiger partial charge in [-0.15, -0.1) is 5.54 Å². The largest absolute Gasteiger partial charge is 0.138 e. The molecule has 0 unspecified atom stereocenters. The molecule has 0 heterocycles. The monoisotopic (exact) mass is 268 g/mol. The lowest BCUT2D eigenvalue weighted by Gasteiger charge is -2.31. The van der Waals surface area contributed by atoms with Crippen LogP contribution in [-0.4, -0.2) is 8.07 Å². The lowest BCUT2D eigenvalue weighted by atomic mass is 10.1. The highest BCUT2D eigenvalue weighted by molar-refractivity contribution is 6.87. The summed E-state index contributed by atoms with van der Waals surface area (Å²) in [4.78, 5) is 0. The maximum Gasteiger partial charge on any atom is 0.138 e. The van der Waals surface area contributed by atoms with Crippen LogP contribution >= 0.6 is 0 Å². The predicted octanol–water partition coefficient (Wildman–Crippen LogP) is 4.54. The van der Waals surface area contributed by atoms with Crippen molar-refractivity contribution in [1.82, 2.24) is 0 Å². The lowest BCUT2D eigenvalue weighted by Crippen LogP contribution is -2.35. The van der Waals surface area contributed by atoms with Gasteiger partial charge >= 0.3 is 0 Å². The number of hydrogen-bond donors (Lipinski definition) is 0. The molecule has 19 heavy (non-hydrogen) atoms. The smallest absolute Gasteiger partial charge is 0.125 e. The Bertz CT molecular complexity index is 522. The van der Waals surface area contributed by atoms with E-state index < -0.39 is 8.07 Å². The number of allylic oxidation sites excluding steroid dienone is 2. The van der Waals surface area contributed by atoms with Crippen LogP contribution in [0.25, 0.3) is 0 Å². The van der Waals surface area contributed by atoms with Crippen LogP contribution in [0.3, 0.4) is 0 Å². The maximum atomic E-state index is 3.50. The van der Waals surface area contributed by atoms with Crippen molar-refractivity contribution in [2.24, 2.45) is 0 Å². The summed E-state index contributed by atoms with van der Waals surface area (Å²) in [5.41, 5.74) is 4.39. The van der Waals surface area contributed by atoms with E-state index >= 15 is 0 Å². The van der Waals surface area contributed by atoms with Crippen molar-refractivity contribution in [2.75, 3.05) is 0 Å². The van der Waals surface area contributed by atoms with Crippen LogP contribution in [0.4, 0.5) is 0 Å². The Hall–Kier alpha value is -1.36. The fourth-order valence-electron chi connectivity index (χ4n) is 1.29. The molecule has 0 spiro atoms. The van der Waals surface area contributed by atoms with Crippen LogP contribution < -0.4 is 0 Å². The topological polar surface area (TPSA) is 0 Å². The van der Waals surface area contributed by atoms with E-state index in [4.69, 9.17) is 0 Å².